The van der Waals surface area contributed by atoms with Gasteiger partial charge in [0.1, 0.15) is 18.0 Å². The SMILES string of the molecule is O=S1CCc2nc(N3CCC(c4ccc(Cl)cc4)CC3)nc(NC3CC[B]CC3)c21. The molecule has 30 heavy (non-hydrogen) atoms. The molecule has 2 fully saturated rings. The van der Waals surface area contributed by atoms with Crippen molar-refractivity contribution >= 4 is 41.4 Å². The van der Waals surface area contributed by atoms with Crippen molar-refractivity contribution in [3.63, 3.8) is 0 Å². The van der Waals surface area contributed by atoms with Gasteiger partial charge in [0.15, 0.2) is 0 Å². The minimum atomic E-state index is -0.984. The Morgan fingerprint density at radius 2 is 1.80 bits per heavy atom. The zero-order chi connectivity index (χ0) is 20.5. The van der Waals surface area contributed by atoms with E-state index in [-0.39, 0.29) is 0 Å². The minimum absolute atomic E-state index is 0.412. The van der Waals surface area contributed by atoms with E-state index in [0.29, 0.717) is 17.7 Å². The number of anilines is 2. The van der Waals surface area contributed by atoms with Crippen molar-refractivity contribution in [3.8, 4) is 0 Å². The number of hydrogen-bond acceptors (Lipinski definition) is 5. The van der Waals surface area contributed by atoms with Crippen molar-refractivity contribution in [2.75, 3.05) is 29.1 Å². The van der Waals surface area contributed by atoms with E-state index in [9.17, 15) is 4.21 Å². The monoisotopic (exact) mass is 441 g/mol. The van der Waals surface area contributed by atoms with Gasteiger partial charge in [0, 0.05) is 36.3 Å². The maximum absolute atomic E-state index is 12.6. The zero-order valence-corrected chi connectivity index (χ0v) is 18.7. The first-order valence-corrected chi connectivity index (χ1v) is 12.7. The van der Waals surface area contributed by atoms with Gasteiger partial charge in [-0.3, -0.25) is 4.21 Å². The van der Waals surface area contributed by atoms with Gasteiger partial charge < -0.3 is 10.2 Å². The molecular weight excluding hydrogens is 415 g/mol. The number of hydrogen-bond donors (Lipinski definition) is 1. The lowest BCUT2D eigenvalue weighted by Crippen LogP contribution is -2.35. The van der Waals surface area contributed by atoms with E-state index in [2.05, 4.69) is 29.6 Å². The molecule has 0 amide bonds. The number of nitrogens with one attached hydrogen (secondary N) is 1. The lowest BCUT2D eigenvalue weighted by atomic mass is 9.63. The van der Waals surface area contributed by atoms with E-state index in [0.717, 1.165) is 85.2 Å². The summed E-state index contributed by atoms with van der Waals surface area (Å²) in [5.41, 5.74) is 2.34. The molecule has 5 rings (SSSR count). The molecule has 1 radical (unpaired) electrons. The lowest BCUT2D eigenvalue weighted by Gasteiger charge is -2.33. The number of aromatic nitrogens is 2. The normalized spacial score (nSPS) is 22.6. The topological polar surface area (TPSA) is 58.1 Å². The van der Waals surface area contributed by atoms with E-state index in [1.807, 2.05) is 12.1 Å². The minimum Gasteiger partial charge on any atom is -0.366 e. The average Bonchev–Trinajstić information content (AvgIpc) is 3.16. The van der Waals surface area contributed by atoms with Crippen LogP contribution in [-0.4, -0.2) is 46.3 Å². The molecule has 0 aliphatic carbocycles. The third-order valence-corrected chi connectivity index (χ3v) is 8.29. The Balaban J connectivity index is 1.34. The summed E-state index contributed by atoms with van der Waals surface area (Å²) in [5.74, 6) is 2.83. The molecule has 8 heteroatoms. The van der Waals surface area contributed by atoms with Crippen LogP contribution in [0.5, 0.6) is 0 Å². The van der Waals surface area contributed by atoms with E-state index >= 15 is 0 Å². The van der Waals surface area contributed by atoms with Crippen molar-refractivity contribution in [1.29, 1.82) is 0 Å². The second-order valence-electron chi connectivity index (χ2n) is 8.55. The molecule has 0 saturated carbocycles. The van der Waals surface area contributed by atoms with Crippen molar-refractivity contribution in [1.82, 2.24) is 9.97 Å². The van der Waals surface area contributed by atoms with Gasteiger partial charge in [0.25, 0.3) is 0 Å². The fourth-order valence-electron chi connectivity index (χ4n) is 4.84. The lowest BCUT2D eigenvalue weighted by molar-refractivity contribution is 0.498. The van der Waals surface area contributed by atoms with E-state index in [4.69, 9.17) is 21.6 Å². The van der Waals surface area contributed by atoms with Gasteiger partial charge in [-0.15, -0.1) is 0 Å². The van der Waals surface area contributed by atoms with Crippen LogP contribution in [0.15, 0.2) is 29.2 Å². The number of aryl methyl sites for hydroxylation is 1. The number of piperidine rings is 1. The maximum atomic E-state index is 12.6. The Morgan fingerprint density at radius 3 is 2.53 bits per heavy atom. The molecule has 1 N–H and O–H groups in total. The van der Waals surface area contributed by atoms with Crippen LogP contribution < -0.4 is 10.2 Å². The van der Waals surface area contributed by atoms with Crippen molar-refractivity contribution in [2.45, 2.75) is 61.6 Å². The number of halogens is 1. The predicted octanol–water partition coefficient (Wildman–Crippen LogP) is 4.29. The molecule has 4 heterocycles. The average molecular weight is 442 g/mol. The fraction of sp³-hybridized carbons (Fsp3) is 0.545. The summed E-state index contributed by atoms with van der Waals surface area (Å²) in [5, 5.41) is 4.42. The zero-order valence-electron chi connectivity index (χ0n) is 17.1. The summed E-state index contributed by atoms with van der Waals surface area (Å²) in [4.78, 5) is 12.9. The molecule has 1 unspecified atom stereocenters. The van der Waals surface area contributed by atoms with E-state index < -0.39 is 10.8 Å². The summed E-state index contributed by atoms with van der Waals surface area (Å²) >= 11 is 6.04. The van der Waals surface area contributed by atoms with Crippen LogP contribution in [0.1, 0.15) is 42.9 Å². The molecule has 2 saturated heterocycles. The maximum Gasteiger partial charge on any atom is 0.227 e. The van der Waals surface area contributed by atoms with Crippen molar-refractivity contribution in [2.24, 2.45) is 0 Å². The quantitative estimate of drug-likeness (QED) is 0.717. The number of rotatable bonds is 4. The van der Waals surface area contributed by atoms with Crippen LogP contribution in [0.3, 0.4) is 0 Å². The summed E-state index contributed by atoms with van der Waals surface area (Å²) in [6.45, 7) is 1.87. The third kappa shape index (κ3) is 4.24. The third-order valence-electron chi connectivity index (χ3n) is 6.57. The first-order valence-electron chi connectivity index (χ1n) is 11.1. The number of fused-ring (bicyclic) bond motifs is 1. The highest BCUT2D eigenvalue weighted by Gasteiger charge is 2.30. The second kappa shape index (κ2) is 8.87. The Labute approximate surface area is 186 Å². The Bertz CT molecular complexity index is 927. The summed E-state index contributed by atoms with van der Waals surface area (Å²) in [7, 11) is 1.37. The van der Waals surface area contributed by atoms with Gasteiger partial charge in [0.2, 0.25) is 5.95 Å². The highest BCUT2D eigenvalue weighted by molar-refractivity contribution is 7.85. The summed E-state index contributed by atoms with van der Waals surface area (Å²) in [6.07, 6.45) is 7.45. The molecule has 1 aromatic carbocycles. The predicted molar refractivity (Wildman–Crippen MR) is 125 cm³/mol. The van der Waals surface area contributed by atoms with Crippen LogP contribution in [0.25, 0.3) is 0 Å². The molecular formula is C22H27BClN4OS. The smallest absolute Gasteiger partial charge is 0.227 e. The molecule has 2 aromatic rings. The molecule has 3 aliphatic heterocycles. The second-order valence-corrected chi connectivity index (χ2v) is 10.5. The van der Waals surface area contributed by atoms with Crippen LogP contribution >= 0.6 is 11.6 Å². The highest BCUT2D eigenvalue weighted by atomic mass is 35.5. The van der Waals surface area contributed by atoms with Gasteiger partial charge in [-0.1, -0.05) is 36.4 Å². The van der Waals surface area contributed by atoms with Gasteiger partial charge in [-0.2, -0.15) is 4.98 Å². The van der Waals surface area contributed by atoms with Crippen LogP contribution in [0.2, 0.25) is 17.7 Å². The van der Waals surface area contributed by atoms with E-state index in [1.165, 1.54) is 5.56 Å². The highest BCUT2D eigenvalue weighted by Crippen LogP contribution is 2.34. The first-order chi connectivity index (χ1) is 14.7. The fourth-order valence-corrected chi connectivity index (χ4v) is 6.28. The molecule has 157 valence electrons. The number of nitrogens with zero attached hydrogens (tertiary/aromatic N) is 3. The molecule has 1 atom stereocenters. The van der Waals surface area contributed by atoms with Crippen molar-refractivity contribution in [3.05, 3.63) is 40.5 Å². The van der Waals surface area contributed by atoms with Crippen LogP contribution in [-0.2, 0) is 17.2 Å². The Morgan fingerprint density at radius 1 is 1.07 bits per heavy atom. The van der Waals surface area contributed by atoms with E-state index in [1.54, 1.807) is 0 Å². The van der Waals surface area contributed by atoms with Crippen LogP contribution in [0, 0.1) is 0 Å². The molecule has 0 spiro atoms. The Kier molecular flexibility index (Phi) is 6.01. The van der Waals surface area contributed by atoms with Crippen LogP contribution in [0.4, 0.5) is 11.8 Å². The Hall–Kier alpha value is -1.60. The number of benzene rings is 1. The molecule has 3 aliphatic rings. The molecule has 1 aromatic heterocycles. The van der Waals surface area contributed by atoms with Gasteiger partial charge in [-0.05, 0) is 49.3 Å². The molecule has 5 nitrogen and oxygen atoms in total. The van der Waals surface area contributed by atoms with Gasteiger partial charge in [0.05, 0.1) is 16.5 Å². The standard InChI is InChI=1S/C22H27BClN4OS/c24-17-3-1-15(2-4-17)16-7-12-28(13-8-16)22-26-19-9-14-30(29)20(19)21(27-22)25-18-5-10-23-11-6-18/h1-4,16,18H,5-14H2,(H,25,26,27). The summed E-state index contributed by atoms with van der Waals surface area (Å²) < 4.78 is 12.6. The largest absolute Gasteiger partial charge is 0.366 e. The molecule has 0 bridgehead atoms. The van der Waals surface area contributed by atoms with Gasteiger partial charge in [-0.25, -0.2) is 4.98 Å². The van der Waals surface area contributed by atoms with Gasteiger partial charge >= 0.3 is 0 Å². The first kappa shape index (κ1) is 20.3. The van der Waals surface area contributed by atoms with Crippen molar-refractivity contribution < 1.29 is 4.21 Å². The summed E-state index contributed by atoms with van der Waals surface area (Å²) in [6, 6.07) is 8.67.